The fourth-order valence-electron chi connectivity index (χ4n) is 4.14. The Balaban J connectivity index is 2.34. The van der Waals surface area contributed by atoms with Crippen molar-refractivity contribution >= 4 is 30.5 Å². The lowest BCUT2D eigenvalue weighted by Crippen LogP contribution is -2.54. The number of thiol groups is 1. The standard InChI is InChI=1S/C25H39N3O5S/c1-5-14-28(23(31)20(16-34)27-24(32)33-25(2,3)4)21(17-10-9-13-19(29)15-17)22(30)26-18-11-7-6-8-12-18/h9-10,13,15,18,20-21,29,34H,5-8,11-12,14,16H2,1-4H3,(H,26,30)(H,27,32). The molecule has 8 nitrogen and oxygen atoms in total. The number of carbonyl (C=O) groups excluding carboxylic acids is 3. The first-order valence-electron chi connectivity index (χ1n) is 12.1. The molecule has 0 aromatic heterocycles. The molecule has 190 valence electrons. The molecule has 34 heavy (non-hydrogen) atoms. The zero-order chi connectivity index (χ0) is 25.3. The van der Waals surface area contributed by atoms with Crippen LogP contribution in [0.1, 0.15) is 77.8 Å². The molecule has 1 aliphatic carbocycles. The maximum Gasteiger partial charge on any atom is 0.408 e. The van der Waals surface area contributed by atoms with Crippen LogP contribution in [0.15, 0.2) is 24.3 Å². The third kappa shape index (κ3) is 8.42. The topological polar surface area (TPSA) is 108 Å². The summed E-state index contributed by atoms with van der Waals surface area (Å²) in [7, 11) is 0. The van der Waals surface area contributed by atoms with Gasteiger partial charge in [0, 0.05) is 18.3 Å². The minimum atomic E-state index is -0.980. The summed E-state index contributed by atoms with van der Waals surface area (Å²) in [5, 5.41) is 15.8. The molecule has 1 aromatic carbocycles. The summed E-state index contributed by atoms with van der Waals surface area (Å²) in [6.45, 7) is 7.41. The molecule has 0 radical (unpaired) electrons. The number of alkyl carbamates (subject to hydrolysis) is 1. The van der Waals surface area contributed by atoms with Gasteiger partial charge in [0.2, 0.25) is 11.8 Å². The first-order valence-corrected chi connectivity index (χ1v) is 12.7. The quantitative estimate of drug-likeness (QED) is 0.390. The van der Waals surface area contributed by atoms with Crippen molar-refractivity contribution in [2.75, 3.05) is 12.3 Å². The third-order valence-electron chi connectivity index (χ3n) is 5.62. The van der Waals surface area contributed by atoms with Crippen LogP contribution in [-0.4, -0.2) is 57.9 Å². The summed E-state index contributed by atoms with van der Waals surface area (Å²) in [4.78, 5) is 41.0. The number of amides is 3. The van der Waals surface area contributed by atoms with Gasteiger partial charge in [-0.1, -0.05) is 38.3 Å². The summed E-state index contributed by atoms with van der Waals surface area (Å²) in [5.74, 6) is -0.686. The number of hydrogen-bond donors (Lipinski definition) is 4. The Morgan fingerprint density at radius 1 is 1.21 bits per heavy atom. The van der Waals surface area contributed by atoms with Crippen molar-refractivity contribution < 1.29 is 24.2 Å². The zero-order valence-electron chi connectivity index (χ0n) is 20.7. The molecule has 0 heterocycles. The Hall–Kier alpha value is -2.42. The molecule has 3 amide bonds. The molecular weight excluding hydrogens is 454 g/mol. The predicted molar refractivity (Wildman–Crippen MR) is 135 cm³/mol. The van der Waals surface area contributed by atoms with Crippen molar-refractivity contribution in [1.82, 2.24) is 15.5 Å². The second-order valence-corrected chi connectivity index (χ2v) is 10.1. The molecule has 1 saturated carbocycles. The number of nitrogens with one attached hydrogen (secondary N) is 2. The molecule has 0 aliphatic heterocycles. The number of benzene rings is 1. The van der Waals surface area contributed by atoms with Crippen LogP contribution in [0.5, 0.6) is 5.75 Å². The number of ether oxygens (including phenoxy) is 1. The molecule has 3 N–H and O–H groups in total. The Bertz CT molecular complexity index is 836. The van der Waals surface area contributed by atoms with E-state index in [1.165, 1.54) is 17.0 Å². The molecule has 9 heteroatoms. The predicted octanol–water partition coefficient (Wildman–Crippen LogP) is 3.94. The molecule has 1 aromatic rings. The van der Waals surface area contributed by atoms with Crippen molar-refractivity contribution in [3.05, 3.63) is 29.8 Å². The molecule has 1 fully saturated rings. The highest BCUT2D eigenvalue weighted by Crippen LogP contribution is 2.27. The summed E-state index contributed by atoms with van der Waals surface area (Å²) in [6, 6.07) is 4.51. The van der Waals surface area contributed by atoms with E-state index in [1.807, 2.05) is 6.92 Å². The van der Waals surface area contributed by atoms with Crippen LogP contribution in [0.25, 0.3) is 0 Å². The van der Waals surface area contributed by atoms with Gasteiger partial charge < -0.3 is 25.4 Å². The summed E-state index contributed by atoms with van der Waals surface area (Å²) in [6.07, 6.45) is 4.95. The molecule has 2 rings (SSSR count). The SMILES string of the molecule is CCCN(C(=O)C(CS)NC(=O)OC(C)(C)C)C(C(=O)NC1CCCCC1)c1cccc(O)c1. The van der Waals surface area contributed by atoms with Gasteiger partial charge in [-0.2, -0.15) is 12.6 Å². The number of carbonyl (C=O) groups is 3. The van der Waals surface area contributed by atoms with Gasteiger partial charge in [0.15, 0.2) is 0 Å². The second kappa shape index (κ2) is 12.9. The highest BCUT2D eigenvalue weighted by atomic mass is 32.1. The number of rotatable bonds is 9. The van der Waals surface area contributed by atoms with E-state index in [4.69, 9.17) is 4.74 Å². The highest BCUT2D eigenvalue weighted by Gasteiger charge is 2.36. The van der Waals surface area contributed by atoms with Crippen LogP contribution in [0.4, 0.5) is 4.79 Å². The van der Waals surface area contributed by atoms with Crippen LogP contribution in [0.3, 0.4) is 0 Å². The zero-order valence-corrected chi connectivity index (χ0v) is 21.6. The fraction of sp³-hybridized carbons (Fsp3) is 0.640. The number of phenolic OH excluding ortho intramolecular Hbond substituents is 1. The largest absolute Gasteiger partial charge is 0.508 e. The Morgan fingerprint density at radius 2 is 1.88 bits per heavy atom. The average molecular weight is 494 g/mol. The Morgan fingerprint density at radius 3 is 2.44 bits per heavy atom. The summed E-state index contributed by atoms with van der Waals surface area (Å²) >= 11 is 4.28. The van der Waals surface area contributed by atoms with Gasteiger partial charge >= 0.3 is 6.09 Å². The molecule has 2 atom stereocenters. The van der Waals surface area contributed by atoms with Crippen molar-refractivity contribution in [2.24, 2.45) is 0 Å². The first kappa shape index (κ1) is 27.8. The third-order valence-corrected chi connectivity index (χ3v) is 5.98. The van der Waals surface area contributed by atoms with Crippen LogP contribution >= 0.6 is 12.6 Å². The van der Waals surface area contributed by atoms with E-state index >= 15 is 0 Å². The van der Waals surface area contributed by atoms with Gasteiger partial charge in [-0.15, -0.1) is 0 Å². The van der Waals surface area contributed by atoms with E-state index < -0.39 is 29.7 Å². The molecule has 2 unspecified atom stereocenters. The van der Waals surface area contributed by atoms with Gasteiger partial charge in [0.25, 0.3) is 0 Å². The van der Waals surface area contributed by atoms with E-state index in [0.29, 0.717) is 12.0 Å². The van der Waals surface area contributed by atoms with Crippen molar-refractivity contribution in [1.29, 1.82) is 0 Å². The normalized spacial score (nSPS) is 16.3. The average Bonchev–Trinajstić information content (AvgIpc) is 2.76. The van der Waals surface area contributed by atoms with Gasteiger partial charge in [-0.3, -0.25) is 9.59 Å². The van der Waals surface area contributed by atoms with Crippen LogP contribution in [-0.2, 0) is 14.3 Å². The van der Waals surface area contributed by atoms with Crippen LogP contribution in [0, 0.1) is 0 Å². The van der Waals surface area contributed by atoms with Crippen LogP contribution in [0.2, 0.25) is 0 Å². The second-order valence-electron chi connectivity index (χ2n) is 9.75. The summed E-state index contributed by atoms with van der Waals surface area (Å²) < 4.78 is 5.30. The smallest absolute Gasteiger partial charge is 0.408 e. The molecule has 0 saturated heterocycles. The minimum absolute atomic E-state index is 0.00879. The van der Waals surface area contributed by atoms with E-state index in [2.05, 4.69) is 23.3 Å². The van der Waals surface area contributed by atoms with E-state index in [0.717, 1.165) is 32.1 Å². The minimum Gasteiger partial charge on any atom is -0.508 e. The Kier molecular flexibility index (Phi) is 10.5. The lowest BCUT2D eigenvalue weighted by atomic mass is 9.94. The maximum atomic E-state index is 13.6. The number of phenols is 1. The van der Waals surface area contributed by atoms with Crippen LogP contribution < -0.4 is 10.6 Å². The Labute approximate surface area is 208 Å². The number of hydrogen-bond acceptors (Lipinski definition) is 6. The van der Waals surface area contributed by atoms with Gasteiger partial charge in [0.05, 0.1) is 0 Å². The number of aromatic hydroxyl groups is 1. The van der Waals surface area contributed by atoms with Crippen molar-refractivity contribution in [2.45, 2.75) is 89.9 Å². The summed E-state index contributed by atoms with van der Waals surface area (Å²) in [5.41, 5.74) is -0.216. The van der Waals surface area contributed by atoms with Crippen molar-refractivity contribution in [3.63, 3.8) is 0 Å². The number of nitrogens with zero attached hydrogens (tertiary/aromatic N) is 1. The monoisotopic (exact) mass is 493 g/mol. The molecule has 0 bridgehead atoms. The maximum absolute atomic E-state index is 13.6. The van der Waals surface area contributed by atoms with Gasteiger partial charge in [-0.05, 0) is 57.7 Å². The lowest BCUT2D eigenvalue weighted by Gasteiger charge is -2.35. The molecule has 1 aliphatic rings. The van der Waals surface area contributed by atoms with Crippen molar-refractivity contribution in [3.8, 4) is 5.75 Å². The highest BCUT2D eigenvalue weighted by molar-refractivity contribution is 7.80. The molecule has 0 spiro atoms. The van der Waals surface area contributed by atoms with E-state index in [9.17, 15) is 19.5 Å². The molecular formula is C25H39N3O5S. The fourth-order valence-corrected chi connectivity index (χ4v) is 4.39. The van der Waals surface area contributed by atoms with Gasteiger partial charge in [-0.25, -0.2) is 4.79 Å². The lowest BCUT2D eigenvalue weighted by molar-refractivity contribution is -0.142. The van der Waals surface area contributed by atoms with E-state index in [-0.39, 0.29) is 30.0 Å². The van der Waals surface area contributed by atoms with E-state index in [1.54, 1.807) is 32.9 Å². The first-order chi connectivity index (χ1) is 16.1. The van der Waals surface area contributed by atoms with Gasteiger partial charge in [0.1, 0.15) is 23.4 Å².